The van der Waals surface area contributed by atoms with Crippen LogP contribution in [0.25, 0.3) is 11.0 Å². The Morgan fingerprint density at radius 3 is 2.42 bits per heavy atom. The molecule has 0 spiro atoms. The maximum Gasteiger partial charge on any atom is 0.336 e. The molecule has 31 heavy (non-hydrogen) atoms. The maximum atomic E-state index is 12.6. The molecule has 0 radical (unpaired) electrons. The van der Waals surface area contributed by atoms with E-state index in [1.807, 2.05) is 0 Å². The van der Waals surface area contributed by atoms with Crippen molar-refractivity contribution in [2.24, 2.45) is 5.73 Å². The Balaban J connectivity index is 1.83. The third-order valence-electron chi connectivity index (χ3n) is 4.58. The Labute approximate surface area is 177 Å². The highest BCUT2D eigenvalue weighted by atomic mass is 16.5. The fourth-order valence-corrected chi connectivity index (χ4v) is 3.10. The number of hydrogen-bond donors (Lipinski definition) is 3. The van der Waals surface area contributed by atoms with E-state index in [4.69, 9.17) is 14.9 Å². The number of methoxy groups -OCH3 is 1. The van der Waals surface area contributed by atoms with Crippen LogP contribution in [0.3, 0.4) is 0 Å². The number of anilines is 1. The van der Waals surface area contributed by atoms with Gasteiger partial charge in [-0.05, 0) is 42.0 Å². The van der Waals surface area contributed by atoms with Gasteiger partial charge in [0, 0.05) is 42.1 Å². The topological polar surface area (TPSA) is 141 Å². The molecule has 0 aliphatic rings. The summed E-state index contributed by atoms with van der Waals surface area (Å²) < 4.78 is 10.3. The molecule has 0 bridgehead atoms. The average molecular weight is 423 g/mol. The van der Waals surface area contributed by atoms with Crippen molar-refractivity contribution in [3.8, 4) is 5.75 Å². The minimum atomic E-state index is -1.06. The van der Waals surface area contributed by atoms with Crippen LogP contribution in [0.2, 0.25) is 0 Å². The molecule has 0 fully saturated rings. The molecule has 9 heteroatoms. The van der Waals surface area contributed by atoms with Gasteiger partial charge in [-0.15, -0.1) is 0 Å². The number of carbonyl (C=O) groups excluding carboxylic acids is 3. The quantitative estimate of drug-likeness (QED) is 0.493. The fraction of sp³-hybridized carbons (Fsp3) is 0.182. The molecule has 1 heterocycles. The van der Waals surface area contributed by atoms with Gasteiger partial charge in [0.05, 0.1) is 7.11 Å². The van der Waals surface area contributed by atoms with Gasteiger partial charge in [-0.25, -0.2) is 4.79 Å². The van der Waals surface area contributed by atoms with Crippen LogP contribution >= 0.6 is 0 Å². The van der Waals surface area contributed by atoms with E-state index in [1.165, 1.54) is 32.2 Å². The molecule has 3 rings (SSSR count). The second-order valence-corrected chi connectivity index (χ2v) is 6.84. The predicted octanol–water partition coefficient (Wildman–Crippen LogP) is 1.59. The summed E-state index contributed by atoms with van der Waals surface area (Å²) in [5, 5.41) is 5.79. The first-order valence-electron chi connectivity index (χ1n) is 9.35. The molecule has 9 nitrogen and oxygen atoms in total. The number of rotatable bonds is 7. The third kappa shape index (κ3) is 5.27. The lowest BCUT2D eigenvalue weighted by atomic mass is 10.0. The molecule has 0 aliphatic heterocycles. The minimum absolute atomic E-state index is 0.000518. The van der Waals surface area contributed by atoms with Crippen molar-refractivity contribution < 1.29 is 23.5 Å². The fourth-order valence-electron chi connectivity index (χ4n) is 3.10. The Morgan fingerprint density at radius 1 is 1.10 bits per heavy atom. The Bertz CT molecular complexity index is 1200. The Hall–Kier alpha value is -4.14. The number of benzene rings is 2. The summed E-state index contributed by atoms with van der Waals surface area (Å²) in [6.07, 6.45) is -0.000518. The molecule has 0 saturated carbocycles. The second-order valence-electron chi connectivity index (χ2n) is 6.84. The van der Waals surface area contributed by atoms with Gasteiger partial charge < -0.3 is 25.5 Å². The van der Waals surface area contributed by atoms with Crippen LogP contribution in [-0.4, -0.2) is 30.9 Å². The van der Waals surface area contributed by atoms with Crippen LogP contribution < -0.4 is 26.7 Å². The summed E-state index contributed by atoms with van der Waals surface area (Å²) in [6.45, 7) is 1.38. The molecule has 0 saturated heterocycles. The summed E-state index contributed by atoms with van der Waals surface area (Å²) in [6, 6.07) is 11.3. The zero-order valence-corrected chi connectivity index (χ0v) is 16.9. The van der Waals surface area contributed by atoms with Crippen LogP contribution in [0, 0.1) is 0 Å². The lowest BCUT2D eigenvalue weighted by Gasteiger charge is -2.17. The maximum absolute atomic E-state index is 12.6. The zero-order valence-electron chi connectivity index (χ0n) is 16.9. The average Bonchev–Trinajstić information content (AvgIpc) is 2.72. The Kier molecular flexibility index (Phi) is 6.35. The number of ether oxygens (including phenoxy) is 1. The number of primary amides is 1. The van der Waals surface area contributed by atoms with Crippen LogP contribution in [0.5, 0.6) is 5.75 Å². The van der Waals surface area contributed by atoms with Crippen LogP contribution in [0.4, 0.5) is 5.69 Å². The number of carbonyl (C=O) groups is 3. The number of nitrogens with one attached hydrogen (secondary N) is 2. The monoisotopic (exact) mass is 423 g/mol. The number of fused-ring (bicyclic) bond motifs is 1. The summed E-state index contributed by atoms with van der Waals surface area (Å²) in [7, 11) is 1.49. The molecule has 3 amide bonds. The van der Waals surface area contributed by atoms with Crippen molar-refractivity contribution in [3.05, 3.63) is 70.1 Å². The highest BCUT2D eigenvalue weighted by Gasteiger charge is 2.21. The van der Waals surface area contributed by atoms with Crippen molar-refractivity contribution in [2.45, 2.75) is 19.4 Å². The van der Waals surface area contributed by atoms with Gasteiger partial charge in [0.1, 0.15) is 17.4 Å². The predicted molar refractivity (Wildman–Crippen MR) is 114 cm³/mol. The molecule has 160 valence electrons. The first-order chi connectivity index (χ1) is 14.8. The number of hydrogen-bond acceptors (Lipinski definition) is 6. The highest BCUT2D eigenvalue weighted by molar-refractivity contribution is 5.98. The highest BCUT2D eigenvalue weighted by Crippen LogP contribution is 2.23. The summed E-state index contributed by atoms with van der Waals surface area (Å²) in [5.41, 5.74) is 6.51. The molecule has 1 aromatic heterocycles. The normalized spacial score (nSPS) is 11.5. The van der Waals surface area contributed by atoms with Crippen molar-refractivity contribution in [2.75, 3.05) is 12.4 Å². The SMILES string of the molecule is COc1ccc2c(C[C@@H](NC(=O)c3ccc(NC(C)=O)cc3)C(N)=O)cc(=O)oc2c1. The molecule has 2 aromatic carbocycles. The van der Waals surface area contributed by atoms with E-state index in [0.717, 1.165) is 0 Å². The smallest absolute Gasteiger partial charge is 0.336 e. The second kappa shape index (κ2) is 9.12. The Morgan fingerprint density at radius 2 is 1.81 bits per heavy atom. The zero-order chi connectivity index (χ0) is 22.5. The standard InChI is InChI=1S/C22H21N3O6/c1-12(26)24-15-5-3-13(4-6-15)22(29)25-18(21(23)28)9-14-10-20(27)31-19-11-16(30-2)7-8-17(14)19/h3-8,10-11,18H,9H2,1-2H3,(H2,23,28)(H,24,26)(H,25,29)/t18-/m1/s1. The van der Waals surface area contributed by atoms with Gasteiger partial charge in [-0.3, -0.25) is 14.4 Å². The third-order valence-corrected chi connectivity index (χ3v) is 4.58. The van der Waals surface area contributed by atoms with Crippen molar-refractivity contribution in [3.63, 3.8) is 0 Å². The van der Waals surface area contributed by atoms with E-state index < -0.39 is 23.5 Å². The summed E-state index contributed by atoms with van der Waals surface area (Å²) in [4.78, 5) is 47.7. The molecular weight excluding hydrogens is 402 g/mol. The minimum Gasteiger partial charge on any atom is -0.497 e. The van der Waals surface area contributed by atoms with Gasteiger partial charge in [0.2, 0.25) is 11.8 Å². The van der Waals surface area contributed by atoms with Crippen molar-refractivity contribution in [1.82, 2.24) is 5.32 Å². The van der Waals surface area contributed by atoms with Gasteiger partial charge in [-0.2, -0.15) is 0 Å². The van der Waals surface area contributed by atoms with Gasteiger partial charge in [0.15, 0.2) is 0 Å². The molecule has 0 aliphatic carbocycles. The lowest BCUT2D eigenvalue weighted by Crippen LogP contribution is -2.46. The van der Waals surface area contributed by atoms with Crippen molar-refractivity contribution >= 4 is 34.4 Å². The molecule has 0 unspecified atom stereocenters. The lowest BCUT2D eigenvalue weighted by molar-refractivity contribution is -0.119. The van der Waals surface area contributed by atoms with Gasteiger partial charge in [-0.1, -0.05) is 0 Å². The van der Waals surface area contributed by atoms with E-state index in [-0.39, 0.29) is 17.9 Å². The van der Waals surface area contributed by atoms with E-state index in [2.05, 4.69) is 10.6 Å². The van der Waals surface area contributed by atoms with Crippen molar-refractivity contribution in [1.29, 1.82) is 0 Å². The van der Waals surface area contributed by atoms with E-state index >= 15 is 0 Å². The van der Waals surface area contributed by atoms with Gasteiger partial charge >= 0.3 is 5.63 Å². The summed E-state index contributed by atoms with van der Waals surface area (Å²) >= 11 is 0. The molecule has 4 N–H and O–H groups in total. The molecular formula is C22H21N3O6. The largest absolute Gasteiger partial charge is 0.497 e. The summed E-state index contributed by atoms with van der Waals surface area (Å²) in [5.74, 6) is -0.997. The van der Waals surface area contributed by atoms with E-state index in [0.29, 0.717) is 28.0 Å². The first-order valence-corrected chi connectivity index (χ1v) is 9.35. The van der Waals surface area contributed by atoms with Crippen LogP contribution in [0.1, 0.15) is 22.8 Å². The van der Waals surface area contributed by atoms with E-state index in [1.54, 1.807) is 30.3 Å². The number of amides is 3. The van der Waals surface area contributed by atoms with Crippen LogP contribution in [0.15, 0.2) is 57.7 Å². The van der Waals surface area contributed by atoms with E-state index in [9.17, 15) is 19.2 Å². The number of nitrogens with two attached hydrogens (primary N) is 1. The first kappa shape index (κ1) is 21.6. The van der Waals surface area contributed by atoms with Crippen LogP contribution in [-0.2, 0) is 16.0 Å². The molecule has 1 atom stereocenters. The molecule has 3 aromatic rings. The van der Waals surface area contributed by atoms with Gasteiger partial charge in [0.25, 0.3) is 5.91 Å².